The summed E-state index contributed by atoms with van der Waals surface area (Å²) in [4.78, 5) is 9.93. The van der Waals surface area contributed by atoms with E-state index in [-0.39, 0.29) is 5.71 Å². The first-order valence-corrected chi connectivity index (χ1v) is 2.49. The van der Waals surface area contributed by atoms with Gasteiger partial charge in [0.25, 0.3) is 0 Å². The lowest BCUT2D eigenvalue weighted by Crippen LogP contribution is -2.20. The van der Waals surface area contributed by atoms with Crippen LogP contribution in [0.4, 0.5) is 0 Å². The molecule has 0 aromatic rings. The van der Waals surface area contributed by atoms with Gasteiger partial charge in [-0.3, -0.25) is 5.41 Å². The molecule has 0 aromatic heterocycles. The van der Waals surface area contributed by atoms with Gasteiger partial charge >= 0.3 is 5.97 Å². The number of carbonyl (C=O) groups is 1. The van der Waals surface area contributed by atoms with Gasteiger partial charge in [0.05, 0.1) is 5.71 Å². The summed E-state index contributed by atoms with van der Waals surface area (Å²) in [6.45, 7) is 1.64. The van der Waals surface area contributed by atoms with E-state index in [0.29, 0.717) is 6.42 Å². The third kappa shape index (κ3) is 2.03. The summed E-state index contributed by atoms with van der Waals surface area (Å²) in [5.41, 5.74) is -0.750. The number of hydrogen-bond donors (Lipinski definition) is 3. The van der Waals surface area contributed by atoms with Gasteiger partial charge in [0.1, 0.15) is 0 Å². The Bertz CT molecular complexity index is 162. The van der Waals surface area contributed by atoms with E-state index in [0.717, 1.165) is 0 Å². The number of aliphatic carboxylic acids is 1. The van der Waals surface area contributed by atoms with Crippen molar-refractivity contribution in [1.29, 1.82) is 10.8 Å². The molecule has 0 bridgehead atoms. The van der Waals surface area contributed by atoms with Gasteiger partial charge in [0, 0.05) is 0 Å². The Morgan fingerprint density at radius 2 is 2.00 bits per heavy atom. The van der Waals surface area contributed by atoms with Crippen molar-refractivity contribution in [3.05, 3.63) is 0 Å². The van der Waals surface area contributed by atoms with E-state index in [4.69, 9.17) is 15.9 Å². The summed E-state index contributed by atoms with van der Waals surface area (Å²) in [6.07, 6.45) is 0.297. The van der Waals surface area contributed by atoms with Crippen LogP contribution in [0.15, 0.2) is 0 Å². The SMILES string of the molecule is CCC(=N)C(=N)C(=O)O. The fraction of sp³-hybridized carbons (Fsp3) is 0.400. The molecule has 0 atom stereocenters. The number of carboxylic acids is 1. The highest BCUT2D eigenvalue weighted by molar-refractivity contribution is 6.63. The van der Waals surface area contributed by atoms with Crippen LogP contribution in [0, 0.1) is 10.8 Å². The molecule has 0 saturated carbocycles. The lowest BCUT2D eigenvalue weighted by atomic mass is 10.2. The van der Waals surface area contributed by atoms with Crippen molar-refractivity contribution in [3.8, 4) is 0 Å². The second-order valence-corrected chi connectivity index (χ2v) is 1.51. The largest absolute Gasteiger partial charge is 0.476 e. The Balaban J connectivity index is 4.05. The van der Waals surface area contributed by atoms with Gasteiger partial charge in [-0.15, -0.1) is 0 Å². The first-order chi connectivity index (χ1) is 4.09. The second-order valence-electron chi connectivity index (χ2n) is 1.51. The summed E-state index contributed by atoms with van der Waals surface area (Å²) in [7, 11) is 0. The first-order valence-electron chi connectivity index (χ1n) is 2.49. The maximum Gasteiger partial charge on any atom is 0.355 e. The highest BCUT2D eigenvalue weighted by atomic mass is 16.4. The Hall–Kier alpha value is -1.19. The molecular formula is C5H8N2O2. The monoisotopic (exact) mass is 128 g/mol. The Kier molecular flexibility index (Phi) is 2.57. The minimum absolute atomic E-state index is 0.137. The van der Waals surface area contributed by atoms with Gasteiger partial charge in [-0.25, -0.2) is 4.79 Å². The van der Waals surface area contributed by atoms with Gasteiger partial charge in [-0.2, -0.15) is 0 Å². The molecule has 9 heavy (non-hydrogen) atoms. The van der Waals surface area contributed by atoms with Crippen molar-refractivity contribution >= 4 is 17.4 Å². The molecule has 0 aliphatic rings. The van der Waals surface area contributed by atoms with Gasteiger partial charge in [-0.05, 0) is 6.42 Å². The molecule has 50 valence electrons. The molecule has 0 fully saturated rings. The van der Waals surface area contributed by atoms with Gasteiger partial charge in [-0.1, -0.05) is 6.92 Å². The van der Waals surface area contributed by atoms with Crippen LogP contribution in [-0.4, -0.2) is 22.5 Å². The molecule has 0 rings (SSSR count). The maximum absolute atomic E-state index is 9.93. The first kappa shape index (κ1) is 7.81. The molecule has 4 nitrogen and oxygen atoms in total. The Morgan fingerprint density at radius 3 is 2.11 bits per heavy atom. The van der Waals surface area contributed by atoms with E-state index < -0.39 is 11.7 Å². The minimum Gasteiger partial charge on any atom is -0.476 e. The van der Waals surface area contributed by atoms with Crippen LogP contribution in [0.1, 0.15) is 13.3 Å². The predicted molar refractivity (Wildman–Crippen MR) is 33.4 cm³/mol. The quantitative estimate of drug-likeness (QED) is 0.484. The molecule has 0 heterocycles. The van der Waals surface area contributed by atoms with Crippen LogP contribution >= 0.6 is 0 Å². The summed E-state index contributed by atoms with van der Waals surface area (Å²) in [5.74, 6) is -1.33. The maximum atomic E-state index is 9.93. The zero-order chi connectivity index (χ0) is 7.44. The topological polar surface area (TPSA) is 85.0 Å². The average Bonchev–Trinajstić information content (AvgIpc) is 1.84. The van der Waals surface area contributed by atoms with E-state index in [9.17, 15) is 4.79 Å². The summed E-state index contributed by atoms with van der Waals surface area (Å²) in [5, 5.41) is 21.7. The second kappa shape index (κ2) is 2.96. The molecular weight excluding hydrogens is 120 g/mol. The number of carboxylic acid groups (broad SMARTS) is 1. The Labute approximate surface area is 52.5 Å². The fourth-order valence-corrected chi connectivity index (χ4v) is 0.306. The molecule has 0 radical (unpaired) electrons. The average molecular weight is 128 g/mol. The van der Waals surface area contributed by atoms with E-state index in [1.54, 1.807) is 6.92 Å². The molecule has 0 aromatic carbocycles. The number of nitrogens with one attached hydrogen (secondary N) is 2. The summed E-state index contributed by atoms with van der Waals surface area (Å²) in [6, 6.07) is 0. The predicted octanol–water partition coefficient (Wildman–Crippen LogP) is 0.521. The summed E-state index contributed by atoms with van der Waals surface area (Å²) < 4.78 is 0. The molecule has 4 heteroatoms. The van der Waals surface area contributed by atoms with E-state index in [1.165, 1.54) is 0 Å². The zero-order valence-electron chi connectivity index (χ0n) is 5.06. The molecule has 0 aliphatic carbocycles. The van der Waals surface area contributed by atoms with Crippen LogP contribution < -0.4 is 0 Å². The Morgan fingerprint density at radius 1 is 1.56 bits per heavy atom. The third-order valence-electron chi connectivity index (χ3n) is 0.869. The van der Waals surface area contributed by atoms with Crippen molar-refractivity contribution in [2.24, 2.45) is 0 Å². The molecule has 0 unspecified atom stereocenters. The third-order valence-corrected chi connectivity index (χ3v) is 0.869. The number of hydrogen-bond acceptors (Lipinski definition) is 3. The van der Waals surface area contributed by atoms with Crippen LogP contribution in [0.5, 0.6) is 0 Å². The van der Waals surface area contributed by atoms with Crippen molar-refractivity contribution in [3.63, 3.8) is 0 Å². The summed E-state index contributed by atoms with van der Waals surface area (Å²) >= 11 is 0. The van der Waals surface area contributed by atoms with Crippen molar-refractivity contribution < 1.29 is 9.90 Å². The molecule has 0 saturated heterocycles. The molecule has 3 N–H and O–H groups in total. The smallest absolute Gasteiger partial charge is 0.355 e. The molecule has 0 spiro atoms. The normalized spacial score (nSPS) is 8.56. The number of rotatable bonds is 3. The van der Waals surface area contributed by atoms with E-state index >= 15 is 0 Å². The van der Waals surface area contributed by atoms with Crippen molar-refractivity contribution in [1.82, 2.24) is 0 Å². The van der Waals surface area contributed by atoms with Crippen LogP contribution in [0.25, 0.3) is 0 Å². The standard InChI is InChI=1S/C5H8N2O2/c1-2-3(6)4(7)5(8)9/h6-7H,2H2,1H3,(H,8,9). The molecule has 0 amide bonds. The highest BCUT2D eigenvalue weighted by Gasteiger charge is 2.09. The molecule has 0 aliphatic heterocycles. The van der Waals surface area contributed by atoms with Crippen LogP contribution in [0.2, 0.25) is 0 Å². The van der Waals surface area contributed by atoms with Crippen molar-refractivity contribution in [2.75, 3.05) is 0 Å². The zero-order valence-corrected chi connectivity index (χ0v) is 5.06. The van der Waals surface area contributed by atoms with E-state index in [2.05, 4.69) is 0 Å². The van der Waals surface area contributed by atoms with E-state index in [1.807, 2.05) is 0 Å². The highest BCUT2D eigenvalue weighted by Crippen LogP contribution is 1.84. The van der Waals surface area contributed by atoms with Crippen LogP contribution in [-0.2, 0) is 4.79 Å². The minimum atomic E-state index is -1.33. The van der Waals surface area contributed by atoms with Crippen LogP contribution in [0.3, 0.4) is 0 Å². The van der Waals surface area contributed by atoms with Gasteiger partial charge in [0.2, 0.25) is 0 Å². The van der Waals surface area contributed by atoms with Gasteiger partial charge < -0.3 is 10.5 Å². The van der Waals surface area contributed by atoms with Gasteiger partial charge in [0.15, 0.2) is 5.71 Å². The lowest BCUT2D eigenvalue weighted by molar-refractivity contribution is -0.129. The lowest BCUT2D eigenvalue weighted by Gasteiger charge is -1.93. The fourth-order valence-electron chi connectivity index (χ4n) is 0.306. The van der Waals surface area contributed by atoms with Crippen molar-refractivity contribution in [2.45, 2.75) is 13.3 Å².